The van der Waals surface area contributed by atoms with E-state index in [-0.39, 0.29) is 6.07 Å². The van der Waals surface area contributed by atoms with Crippen LogP contribution in [0.1, 0.15) is 11.3 Å². The lowest BCUT2D eigenvalue weighted by molar-refractivity contribution is -0.144. The van der Waals surface area contributed by atoms with E-state index in [1.54, 1.807) is 0 Å². The lowest BCUT2D eigenvalue weighted by Crippen LogP contribution is -2.13. The monoisotopic (exact) mass is 266 g/mol. The van der Waals surface area contributed by atoms with Crippen molar-refractivity contribution in [2.24, 2.45) is 0 Å². The molecule has 0 aliphatic rings. The van der Waals surface area contributed by atoms with Crippen molar-refractivity contribution in [1.82, 2.24) is 9.97 Å². The fourth-order valence-corrected chi connectivity index (χ4v) is 1.44. The highest BCUT2D eigenvalue weighted by atomic mass is 19.4. The average molecular weight is 266 g/mol. The highest BCUT2D eigenvalue weighted by Gasteiger charge is 2.39. The minimum absolute atomic E-state index is 0.00991. The number of rotatable bonds is 0. The number of halogens is 6. The van der Waals surface area contributed by atoms with Crippen LogP contribution in [-0.4, -0.2) is 9.97 Å². The fraction of sp³-hybridized carbons (Fsp3) is 0.200. The molecule has 0 amide bonds. The molecule has 0 aromatic carbocycles. The Bertz CT molecular complexity index is 587. The van der Waals surface area contributed by atoms with E-state index in [9.17, 15) is 26.3 Å². The van der Waals surface area contributed by atoms with Gasteiger partial charge in [0, 0.05) is 11.6 Å². The van der Waals surface area contributed by atoms with Crippen LogP contribution < -0.4 is 0 Å². The third kappa shape index (κ3) is 2.22. The van der Waals surface area contributed by atoms with E-state index in [2.05, 4.69) is 9.97 Å². The van der Waals surface area contributed by atoms with Crippen molar-refractivity contribution < 1.29 is 26.3 Å². The van der Waals surface area contributed by atoms with Crippen molar-refractivity contribution in [3.63, 3.8) is 0 Å². The molecule has 0 fully saturated rings. The van der Waals surface area contributed by atoms with Gasteiger partial charge >= 0.3 is 12.4 Å². The van der Waals surface area contributed by atoms with Gasteiger partial charge in [0.25, 0.3) is 0 Å². The Labute approximate surface area is 96.3 Å². The minimum Gasteiger partial charge on any atom is -0.237 e. The molecule has 0 aliphatic carbocycles. The lowest BCUT2D eigenvalue weighted by Gasteiger charge is -2.13. The maximum Gasteiger partial charge on any atom is 0.433 e. The van der Waals surface area contributed by atoms with Crippen LogP contribution in [0.15, 0.2) is 24.4 Å². The maximum atomic E-state index is 12.7. The zero-order valence-electron chi connectivity index (χ0n) is 8.47. The summed E-state index contributed by atoms with van der Waals surface area (Å²) in [5.74, 6) is 0. The third-order valence-corrected chi connectivity index (χ3v) is 2.18. The van der Waals surface area contributed by atoms with Crippen molar-refractivity contribution in [3.05, 3.63) is 35.7 Å². The van der Waals surface area contributed by atoms with Crippen LogP contribution in [0.25, 0.3) is 11.0 Å². The number of pyridine rings is 2. The molecule has 2 aromatic heterocycles. The number of alkyl halides is 6. The first-order valence-corrected chi connectivity index (χ1v) is 4.60. The van der Waals surface area contributed by atoms with Crippen LogP contribution >= 0.6 is 0 Å². The van der Waals surface area contributed by atoms with Crippen LogP contribution in [0, 0.1) is 0 Å². The van der Waals surface area contributed by atoms with E-state index in [0.29, 0.717) is 0 Å². The van der Waals surface area contributed by atoms with Gasteiger partial charge in [0.15, 0.2) is 5.65 Å². The van der Waals surface area contributed by atoms with E-state index in [0.717, 1.165) is 12.3 Å². The SMILES string of the molecule is FC(F)(F)c1cc(C(F)(F)F)c2cccnc2n1. The predicted octanol–water partition coefficient (Wildman–Crippen LogP) is 3.67. The number of hydrogen-bond acceptors (Lipinski definition) is 2. The second-order valence-electron chi connectivity index (χ2n) is 3.43. The second kappa shape index (κ2) is 3.82. The summed E-state index contributed by atoms with van der Waals surface area (Å²) < 4.78 is 75.3. The largest absolute Gasteiger partial charge is 0.433 e. The van der Waals surface area contributed by atoms with Crippen LogP contribution in [-0.2, 0) is 12.4 Å². The highest BCUT2D eigenvalue weighted by molar-refractivity contribution is 5.79. The molecule has 0 unspecified atom stereocenters. The number of fused-ring (bicyclic) bond motifs is 1. The van der Waals surface area contributed by atoms with E-state index in [1.165, 1.54) is 6.07 Å². The Balaban J connectivity index is 2.81. The molecule has 2 rings (SSSR count). The molecule has 8 heteroatoms. The average Bonchev–Trinajstić information content (AvgIpc) is 2.25. The Morgan fingerprint density at radius 3 is 2.17 bits per heavy atom. The maximum absolute atomic E-state index is 12.7. The van der Waals surface area contributed by atoms with Gasteiger partial charge in [0.05, 0.1) is 5.56 Å². The molecule has 0 spiro atoms. The summed E-state index contributed by atoms with van der Waals surface area (Å²) in [6, 6.07) is 2.22. The van der Waals surface area contributed by atoms with Crippen molar-refractivity contribution in [2.75, 3.05) is 0 Å². The van der Waals surface area contributed by atoms with Gasteiger partial charge in [0.1, 0.15) is 5.69 Å². The Hall–Kier alpha value is -1.86. The Kier molecular flexibility index (Phi) is 2.67. The molecule has 2 aromatic rings. The molecule has 0 bridgehead atoms. The minimum atomic E-state index is -4.95. The smallest absolute Gasteiger partial charge is 0.237 e. The van der Waals surface area contributed by atoms with Gasteiger partial charge in [-0.05, 0) is 18.2 Å². The Morgan fingerprint density at radius 1 is 0.944 bits per heavy atom. The van der Waals surface area contributed by atoms with Gasteiger partial charge in [-0.3, -0.25) is 0 Å². The third-order valence-electron chi connectivity index (χ3n) is 2.18. The zero-order valence-corrected chi connectivity index (χ0v) is 8.47. The molecular weight excluding hydrogens is 262 g/mol. The van der Waals surface area contributed by atoms with Gasteiger partial charge in [-0.1, -0.05) is 0 Å². The Morgan fingerprint density at radius 2 is 1.61 bits per heavy atom. The van der Waals surface area contributed by atoms with E-state index >= 15 is 0 Å². The van der Waals surface area contributed by atoms with Gasteiger partial charge in [0.2, 0.25) is 0 Å². The lowest BCUT2D eigenvalue weighted by atomic mass is 10.1. The topological polar surface area (TPSA) is 25.8 Å². The first-order chi connectivity index (χ1) is 8.19. The van der Waals surface area contributed by atoms with Crippen molar-refractivity contribution in [2.45, 2.75) is 12.4 Å². The standard InChI is InChI=1S/C10H4F6N2/c11-9(12,13)6-4-7(10(14,15)16)18-8-5(6)2-1-3-17-8/h1-4H. The highest BCUT2D eigenvalue weighted by Crippen LogP contribution is 2.37. The molecule has 18 heavy (non-hydrogen) atoms. The summed E-state index contributed by atoms with van der Waals surface area (Å²) in [5.41, 5.74) is -3.59. The summed E-state index contributed by atoms with van der Waals surface area (Å²) in [6.45, 7) is 0. The molecule has 0 N–H and O–H groups in total. The van der Waals surface area contributed by atoms with Gasteiger partial charge in [-0.25, -0.2) is 9.97 Å². The normalized spacial score (nSPS) is 13.0. The molecule has 0 aliphatic heterocycles. The fourth-order valence-electron chi connectivity index (χ4n) is 1.44. The summed E-state index contributed by atoms with van der Waals surface area (Å²) in [5, 5.41) is -0.460. The van der Waals surface area contributed by atoms with Crippen LogP contribution in [0.4, 0.5) is 26.3 Å². The van der Waals surface area contributed by atoms with Gasteiger partial charge < -0.3 is 0 Å². The first-order valence-electron chi connectivity index (χ1n) is 4.60. The summed E-state index contributed by atoms with van der Waals surface area (Å²) in [6.07, 6.45) is -8.77. The second-order valence-corrected chi connectivity index (χ2v) is 3.43. The summed E-state index contributed by atoms with van der Waals surface area (Å²) in [7, 11) is 0. The van der Waals surface area contributed by atoms with E-state index < -0.39 is 34.6 Å². The van der Waals surface area contributed by atoms with Gasteiger partial charge in [-0.15, -0.1) is 0 Å². The van der Waals surface area contributed by atoms with E-state index in [1.807, 2.05) is 0 Å². The van der Waals surface area contributed by atoms with Crippen LogP contribution in [0.3, 0.4) is 0 Å². The number of hydrogen-bond donors (Lipinski definition) is 0. The van der Waals surface area contributed by atoms with E-state index in [4.69, 9.17) is 0 Å². The summed E-state index contributed by atoms with van der Waals surface area (Å²) in [4.78, 5) is 6.50. The van der Waals surface area contributed by atoms with Crippen molar-refractivity contribution in [1.29, 1.82) is 0 Å². The van der Waals surface area contributed by atoms with Crippen LogP contribution in [0.2, 0.25) is 0 Å². The molecule has 0 atom stereocenters. The molecule has 96 valence electrons. The predicted molar refractivity (Wildman–Crippen MR) is 49.5 cm³/mol. The van der Waals surface area contributed by atoms with Crippen LogP contribution in [0.5, 0.6) is 0 Å². The quantitative estimate of drug-likeness (QED) is 0.680. The molecule has 2 heterocycles. The number of aromatic nitrogens is 2. The molecular formula is C10H4F6N2. The number of nitrogens with zero attached hydrogens (tertiary/aromatic N) is 2. The molecule has 0 saturated carbocycles. The zero-order chi connectivity index (χ0) is 13.6. The van der Waals surface area contributed by atoms with Crippen molar-refractivity contribution in [3.8, 4) is 0 Å². The summed E-state index contributed by atoms with van der Waals surface area (Å²) >= 11 is 0. The molecule has 0 saturated heterocycles. The molecule has 0 radical (unpaired) electrons. The molecule has 2 nitrogen and oxygen atoms in total. The van der Waals surface area contributed by atoms with Gasteiger partial charge in [-0.2, -0.15) is 26.3 Å². The first kappa shape index (κ1) is 12.6. The van der Waals surface area contributed by atoms with Crippen molar-refractivity contribution >= 4 is 11.0 Å².